The third kappa shape index (κ3) is 6.50. The molecule has 1 aliphatic heterocycles. The number of alkyl halides is 3. The third-order valence-electron chi connectivity index (χ3n) is 6.17. The number of benzene rings is 2. The van der Waals surface area contributed by atoms with Gasteiger partial charge in [-0.05, 0) is 55.4 Å². The molecule has 6 nitrogen and oxygen atoms in total. The summed E-state index contributed by atoms with van der Waals surface area (Å²) in [5.41, 5.74) is 0.831. The van der Waals surface area contributed by atoms with Crippen molar-refractivity contribution < 1.29 is 18.0 Å². The van der Waals surface area contributed by atoms with Crippen molar-refractivity contribution in [2.24, 2.45) is 0 Å². The summed E-state index contributed by atoms with van der Waals surface area (Å²) in [4.78, 5) is 23.8. The molecule has 0 aliphatic carbocycles. The zero-order chi connectivity index (χ0) is 24.8. The second-order valence-corrected chi connectivity index (χ2v) is 8.98. The summed E-state index contributed by atoms with van der Waals surface area (Å²) in [6.07, 6.45) is -1.29. The van der Waals surface area contributed by atoms with Crippen LogP contribution in [0.2, 0.25) is 0 Å². The Labute approximate surface area is 207 Å². The number of H-pyrrole nitrogens is 1. The van der Waals surface area contributed by atoms with Gasteiger partial charge in [0.25, 0.3) is 0 Å². The molecule has 0 bridgehead atoms. The summed E-state index contributed by atoms with van der Waals surface area (Å²) >= 11 is 5.20. The number of carbonyl (C=O) groups is 1. The highest BCUT2D eigenvalue weighted by Crippen LogP contribution is 2.32. The molecule has 0 spiro atoms. The van der Waals surface area contributed by atoms with E-state index in [4.69, 9.17) is 12.2 Å². The quantitative estimate of drug-likeness (QED) is 0.308. The molecule has 1 aromatic heterocycles. The Morgan fingerprint density at radius 3 is 2.57 bits per heavy atom. The van der Waals surface area contributed by atoms with Crippen LogP contribution in [-0.4, -0.2) is 53.5 Å². The highest BCUT2D eigenvalue weighted by Gasteiger charge is 2.31. The number of carbonyl (C=O) groups excluding carboxylic acids is 1. The van der Waals surface area contributed by atoms with Gasteiger partial charge >= 0.3 is 6.18 Å². The maximum atomic E-state index is 13.0. The van der Waals surface area contributed by atoms with E-state index < -0.39 is 11.7 Å². The Morgan fingerprint density at radius 2 is 1.80 bits per heavy atom. The molecule has 2 aromatic carbocycles. The Balaban J connectivity index is 1.17. The molecule has 0 atom stereocenters. The minimum Gasteiger partial charge on any atom is -0.369 e. The first-order chi connectivity index (χ1) is 16.8. The van der Waals surface area contributed by atoms with Crippen LogP contribution < -0.4 is 10.2 Å². The molecule has 186 valence electrons. The van der Waals surface area contributed by atoms with E-state index >= 15 is 0 Å². The molecule has 1 fully saturated rings. The molecule has 1 amide bonds. The Bertz CT molecular complexity index is 1220. The average Bonchev–Trinajstić information content (AvgIpc) is 2.85. The summed E-state index contributed by atoms with van der Waals surface area (Å²) in [7, 11) is 0. The molecule has 1 saturated heterocycles. The molecule has 0 saturated carbocycles. The normalized spacial score (nSPS) is 14.4. The van der Waals surface area contributed by atoms with Crippen molar-refractivity contribution in [3.63, 3.8) is 0 Å². The number of fused-ring (bicyclic) bond motifs is 1. The fourth-order valence-corrected chi connectivity index (χ4v) is 4.48. The SMILES string of the molecule is O=C(CCCCCNc1nc(=S)[nH]c2ccccc12)N1CCN(c2cccc(C(F)(F)F)c2)CC1. The van der Waals surface area contributed by atoms with Crippen molar-refractivity contribution in [1.82, 2.24) is 14.9 Å². The number of aromatic nitrogens is 2. The lowest BCUT2D eigenvalue weighted by Gasteiger charge is -2.36. The van der Waals surface area contributed by atoms with E-state index in [0.29, 0.717) is 43.1 Å². The number of aromatic amines is 1. The Morgan fingerprint density at radius 1 is 1.03 bits per heavy atom. The molecule has 2 heterocycles. The van der Waals surface area contributed by atoms with Crippen molar-refractivity contribution in [2.45, 2.75) is 31.9 Å². The molecule has 0 radical (unpaired) electrons. The highest BCUT2D eigenvalue weighted by atomic mass is 32.1. The van der Waals surface area contributed by atoms with Gasteiger partial charge in [-0.2, -0.15) is 13.2 Å². The van der Waals surface area contributed by atoms with Crippen LogP contribution in [0.4, 0.5) is 24.7 Å². The maximum absolute atomic E-state index is 13.0. The highest BCUT2D eigenvalue weighted by molar-refractivity contribution is 7.71. The average molecular weight is 504 g/mol. The predicted octanol–water partition coefficient (Wildman–Crippen LogP) is 5.63. The van der Waals surface area contributed by atoms with Crippen molar-refractivity contribution in [3.05, 3.63) is 58.9 Å². The summed E-state index contributed by atoms with van der Waals surface area (Å²) < 4.78 is 39.4. The number of hydrogen-bond acceptors (Lipinski definition) is 5. The second kappa shape index (κ2) is 11.1. The Kier molecular flexibility index (Phi) is 7.90. The van der Waals surface area contributed by atoms with Gasteiger partial charge in [-0.15, -0.1) is 0 Å². The number of amides is 1. The summed E-state index contributed by atoms with van der Waals surface area (Å²) in [6, 6.07) is 13.2. The van der Waals surface area contributed by atoms with Crippen LogP contribution in [0.3, 0.4) is 0 Å². The molecule has 10 heteroatoms. The van der Waals surface area contributed by atoms with E-state index in [9.17, 15) is 18.0 Å². The number of para-hydroxylation sites is 1. The van der Waals surface area contributed by atoms with Crippen LogP contribution in [0.15, 0.2) is 48.5 Å². The van der Waals surface area contributed by atoms with Gasteiger partial charge in [0, 0.05) is 50.2 Å². The van der Waals surface area contributed by atoms with Crippen molar-refractivity contribution in [3.8, 4) is 0 Å². The number of anilines is 2. The second-order valence-electron chi connectivity index (χ2n) is 8.59. The lowest BCUT2D eigenvalue weighted by Crippen LogP contribution is -2.48. The minimum absolute atomic E-state index is 0.101. The van der Waals surface area contributed by atoms with Crippen LogP contribution >= 0.6 is 12.2 Å². The van der Waals surface area contributed by atoms with Gasteiger partial charge in [0.15, 0.2) is 4.77 Å². The van der Waals surface area contributed by atoms with E-state index in [1.807, 2.05) is 34.1 Å². The molecule has 0 unspecified atom stereocenters. The monoisotopic (exact) mass is 503 g/mol. The molecule has 4 rings (SSSR count). The largest absolute Gasteiger partial charge is 0.416 e. The molecule has 35 heavy (non-hydrogen) atoms. The standard InChI is InChI=1S/C25H28F3N5OS/c26-25(27,28)18-7-6-8-19(17-18)32-13-15-33(16-14-32)22(34)11-2-1-5-12-29-23-20-9-3-4-10-21(20)30-24(35)31-23/h3-4,6-10,17H,1-2,5,11-16H2,(H2,29,30,31,35). The van der Waals surface area contributed by atoms with Crippen LogP contribution in [0, 0.1) is 4.77 Å². The van der Waals surface area contributed by atoms with Crippen molar-refractivity contribution in [1.29, 1.82) is 0 Å². The van der Waals surface area contributed by atoms with Gasteiger partial charge < -0.3 is 20.1 Å². The predicted molar refractivity (Wildman–Crippen MR) is 134 cm³/mol. The first-order valence-electron chi connectivity index (χ1n) is 11.7. The number of nitrogens with zero attached hydrogens (tertiary/aromatic N) is 3. The summed E-state index contributed by atoms with van der Waals surface area (Å²) in [5, 5.41) is 4.33. The van der Waals surface area contributed by atoms with Gasteiger partial charge in [-0.25, -0.2) is 4.98 Å². The smallest absolute Gasteiger partial charge is 0.369 e. The third-order valence-corrected chi connectivity index (χ3v) is 6.36. The van der Waals surface area contributed by atoms with Gasteiger partial charge in [-0.1, -0.05) is 24.6 Å². The topological polar surface area (TPSA) is 64.3 Å². The van der Waals surface area contributed by atoms with E-state index in [1.165, 1.54) is 12.1 Å². The Hall–Kier alpha value is -3.14. The van der Waals surface area contributed by atoms with Crippen LogP contribution in [0.5, 0.6) is 0 Å². The lowest BCUT2D eigenvalue weighted by atomic mass is 10.1. The maximum Gasteiger partial charge on any atom is 0.416 e. The minimum atomic E-state index is -4.36. The van der Waals surface area contributed by atoms with E-state index in [2.05, 4.69) is 15.3 Å². The number of unbranched alkanes of at least 4 members (excludes halogenated alkanes) is 2. The first-order valence-corrected chi connectivity index (χ1v) is 12.1. The van der Waals surface area contributed by atoms with E-state index in [-0.39, 0.29) is 5.91 Å². The van der Waals surface area contributed by atoms with Crippen LogP contribution in [0.1, 0.15) is 31.2 Å². The number of halogens is 3. The van der Waals surface area contributed by atoms with Crippen molar-refractivity contribution >= 4 is 40.5 Å². The van der Waals surface area contributed by atoms with Crippen LogP contribution in [0.25, 0.3) is 10.9 Å². The molecular weight excluding hydrogens is 475 g/mol. The zero-order valence-corrected chi connectivity index (χ0v) is 20.1. The molecule has 3 aromatic rings. The molecule has 2 N–H and O–H groups in total. The van der Waals surface area contributed by atoms with Crippen LogP contribution in [-0.2, 0) is 11.0 Å². The van der Waals surface area contributed by atoms with E-state index in [1.54, 1.807) is 6.07 Å². The number of piperazine rings is 1. The number of hydrogen-bond donors (Lipinski definition) is 2. The number of nitrogens with one attached hydrogen (secondary N) is 2. The molecular formula is C25H28F3N5OS. The first kappa shape index (κ1) is 25.0. The summed E-state index contributed by atoms with van der Waals surface area (Å²) in [6.45, 7) is 2.82. The number of rotatable bonds is 8. The van der Waals surface area contributed by atoms with Gasteiger partial charge in [0.05, 0.1) is 11.1 Å². The van der Waals surface area contributed by atoms with E-state index in [0.717, 1.165) is 48.6 Å². The fraction of sp³-hybridized carbons (Fsp3) is 0.400. The van der Waals surface area contributed by atoms with Gasteiger partial charge in [-0.3, -0.25) is 4.79 Å². The zero-order valence-electron chi connectivity index (χ0n) is 19.3. The summed E-state index contributed by atoms with van der Waals surface area (Å²) in [5.74, 6) is 0.864. The van der Waals surface area contributed by atoms with Gasteiger partial charge in [0.2, 0.25) is 5.91 Å². The van der Waals surface area contributed by atoms with Gasteiger partial charge in [0.1, 0.15) is 5.82 Å². The van der Waals surface area contributed by atoms with Crippen molar-refractivity contribution in [2.75, 3.05) is 42.9 Å². The fourth-order valence-electron chi connectivity index (χ4n) is 4.27. The lowest BCUT2D eigenvalue weighted by molar-refractivity contribution is -0.137. The molecule has 1 aliphatic rings.